The van der Waals surface area contributed by atoms with Crippen molar-refractivity contribution in [3.63, 3.8) is 0 Å². The maximum Gasteiger partial charge on any atom is 0.338 e. The van der Waals surface area contributed by atoms with Crippen molar-refractivity contribution in [3.8, 4) is 0 Å². The SMILES string of the molecule is CCOC(=O)C1=C(C)NC(=S)N[C@@H]1c1ccc(C)s1. The third kappa shape index (κ3) is 2.96. The topological polar surface area (TPSA) is 50.4 Å². The maximum absolute atomic E-state index is 12.1. The van der Waals surface area contributed by atoms with E-state index in [9.17, 15) is 4.79 Å². The van der Waals surface area contributed by atoms with Crippen LogP contribution in [0.3, 0.4) is 0 Å². The fourth-order valence-electron chi connectivity index (χ4n) is 2.00. The first kappa shape index (κ1) is 14.0. The lowest BCUT2D eigenvalue weighted by atomic mass is 10.0. The monoisotopic (exact) mass is 296 g/mol. The molecule has 2 N–H and O–H groups in total. The minimum absolute atomic E-state index is 0.230. The third-order valence-electron chi connectivity index (χ3n) is 2.81. The number of allylic oxidation sites excluding steroid dienone is 1. The van der Waals surface area contributed by atoms with Gasteiger partial charge < -0.3 is 15.4 Å². The molecule has 0 saturated carbocycles. The molecule has 2 rings (SSSR count). The van der Waals surface area contributed by atoms with Gasteiger partial charge in [-0.15, -0.1) is 11.3 Å². The van der Waals surface area contributed by atoms with Crippen LogP contribution in [0.25, 0.3) is 0 Å². The Morgan fingerprint density at radius 1 is 1.47 bits per heavy atom. The first-order valence-corrected chi connectivity index (χ1v) is 7.27. The van der Waals surface area contributed by atoms with Gasteiger partial charge in [0.05, 0.1) is 18.2 Å². The molecular weight excluding hydrogens is 280 g/mol. The second-order valence-corrected chi connectivity index (χ2v) is 5.97. The van der Waals surface area contributed by atoms with Crippen molar-refractivity contribution in [2.75, 3.05) is 6.61 Å². The van der Waals surface area contributed by atoms with Crippen LogP contribution in [0.5, 0.6) is 0 Å². The lowest BCUT2D eigenvalue weighted by Gasteiger charge is -2.28. The van der Waals surface area contributed by atoms with Gasteiger partial charge in [0, 0.05) is 15.5 Å². The average Bonchev–Trinajstić information content (AvgIpc) is 2.75. The number of esters is 1. The Kier molecular flexibility index (Phi) is 4.21. The highest BCUT2D eigenvalue weighted by atomic mass is 32.1. The van der Waals surface area contributed by atoms with E-state index in [-0.39, 0.29) is 12.0 Å². The van der Waals surface area contributed by atoms with E-state index < -0.39 is 0 Å². The second-order valence-electron chi connectivity index (χ2n) is 4.24. The summed E-state index contributed by atoms with van der Waals surface area (Å²) in [5.41, 5.74) is 1.34. The van der Waals surface area contributed by atoms with Gasteiger partial charge in [0.25, 0.3) is 0 Å². The van der Waals surface area contributed by atoms with Gasteiger partial charge in [-0.3, -0.25) is 0 Å². The fraction of sp³-hybridized carbons (Fsp3) is 0.385. The van der Waals surface area contributed by atoms with Gasteiger partial charge in [-0.1, -0.05) is 0 Å². The molecule has 1 aliphatic heterocycles. The zero-order chi connectivity index (χ0) is 14.0. The molecule has 0 unspecified atom stereocenters. The van der Waals surface area contributed by atoms with Crippen LogP contribution < -0.4 is 10.6 Å². The predicted octanol–water partition coefficient (Wildman–Crippen LogP) is 2.41. The van der Waals surface area contributed by atoms with Crippen LogP contribution in [0, 0.1) is 6.92 Å². The average molecular weight is 296 g/mol. The smallest absolute Gasteiger partial charge is 0.338 e. The molecule has 0 bridgehead atoms. The van der Waals surface area contributed by atoms with E-state index in [1.165, 1.54) is 4.88 Å². The largest absolute Gasteiger partial charge is 0.463 e. The normalized spacial score (nSPS) is 18.9. The number of thiocarbonyl (C=S) groups is 1. The molecule has 0 saturated heterocycles. The van der Waals surface area contributed by atoms with Gasteiger partial charge in [-0.2, -0.15) is 0 Å². The van der Waals surface area contributed by atoms with E-state index in [0.29, 0.717) is 17.3 Å². The molecule has 102 valence electrons. The van der Waals surface area contributed by atoms with Crippen LogP contribution in [0.1, 0.15) is 29.6 Å². The molecule has 0 fully saturated rings. The molecule has 0 aromatic carbocycles. The molecule has 0 aliphatic carbocycles. The summed E-state index contributed by atoms with van der Waals surface area (Å²) in [5.74, 6) is -0.307. The molecule has 1 atom stereocenters. The Hall–Kier alpha value is -1.40. The van der Waals surface area contributed by atoms with Crippen molar-refractivity contribution in [2.45, 2.75) is 26.8 Å². The molecule has 1 aliphatic rings. The standard InChI is InChI=1S/C13H16N2O2S2/c1-4-17-12(16)10-8(3)14-13(18)15-11(10)9-6-5-7(2)19-9/h5-6,11H,4H2,1-3H3,(H2,14,15,18)/t11-/m1/s1. The Morgan fingerprint density at radius 2 is 2.21 bits per heavy atom. The highest BCUT2D eigenvalue weighted by Gasteiger charge is 2.31. The molecule has 0 radical (unpaired) electrons. The first-order valence-electron chi connectivity index (χ1n) is 6.04. The summed E-state index contributed by atoms with van der Waals surface area (Å²) in [5, 5.41) is 6.65. The van der Waals surface area contributed by atoms with E-state index in [0.717, 1.165) is 10.6 Å². The van der Waals surface area contributed by atoms with Gasteiger partial charge in [-0.05, 0) is 45.1 Å². The van der Waals surface area contributed by atoms with Crippen LogP contribution in [-0.2, 0) is 9.53 Å². The van der Waals surface area contributed by atoms with Crippen LogP contribution in [0.4, 0.5) is 0 Å². The second kappa shape index (κ2) is 5.71. The molecular formula is C13H16N2O2S2. The molecule has 6 heteroatoms. The molecule has 1 aromatic rings. The van der Waals surface area contributed by atoms with E-state index in [1.807, 2.05) is 26.0 Å². The van der Waals surface area contributed by atoms with Crippen LogP contribution >= 0.6 is 23.6 Å². The summed E-state index contributed by atoms with van der Waals surface area (Å²) < 4.78 is 5.13. The summed E-state index contributed by atoms with van der Waals surface area (Å²) in [6.07, 6.45) is 0. The van der Waals surface area contributed by atoms with Gasteiger partial charge >= 0.3 is 5.97 Å². The molecule has 0 amide bonds. The highest BCUT2D eigenvalue weighted by molar-refractivity contribution is 7.80. The molecule has 2 heterocycles. The summed E-state index contributed by atoms with van der Waals surface area (Å²) in [6.45, 7) is 6.03. The minimum Gasteiger partial charge on any atom is -0.463 e. The van der Waals surface area contributed by atoms with Gasteiger partial charge in [0.1, 0.15) is 0 Å². The van der Waals surface area contributed by atoms with Crippen molar-refractivity contribution < 1.29 is 9.53 Å². The molecule has 4 nitrogen and oxygen atoms in total. The summed E-state index contributed by atoms with van der Waals surface area (Å²) >= 11 is 6.81. The number of thiophene rings is 1. The van der Waals surface area contributed by atoms with Crippen LogP contribution in [0.2, 0.25) is 0 Å². The summed E-state index contributed by atoms with van der Waals surface area (Å²) in [4.78, 5) is 14.4. The number of carbonyl (C=O) groups is 1. The third-order valence-corrected chi connectivity index (χ3v) is 4.10. The predicted molar refractivity (Wildman–Crippen MR) is 80.0 cm³/mol. The number of rotatable bonds is 3. The minimum atomic E-state index is -0.307. The lowest BCUT2D eigenvalue weighted by molar-refractivity contribution is -0.139. The van der Waals surface area contributed by atoms with Gasteiger partial charge in [0.2, 0.25) is 0 Å². The number of nitrogens with one attached hydrogen (secondary N) is 2. The van der Waals surface area contributed by atoms with Crippen molar-refractivity contribution in [2.24, 2.45) is 0 Å². The molecule has 19 heavy (non-hydrogen) atoms. The number of carbonyl (C=O) groups excluding carboxylic acids is 1. The quantitative estimate of drug-likeness (QED) is 0.663. The number of hydrogen-bond donors (Lipinski definition) is 2. The van der Waals surface area contributed by atoms with E-state index >= 15 is 0 Å². The maximum atomic E-state index is 12.1. The van der Waals surface area contributed by atoms with Gasteiger partial charge in [0.15, 0.2) is 5.11 Å². The van der Waals surface area contributed by atoms with Crippen LogP contribution in [-0.4, -0.2) is 17.7 Å². The highest BCUT2D eigenvalue weighted by Crippen LogP contribution is 2.31. The summed E-state index contributed by atoms with van der Waals surface area (Å²) in [6, 6.07) is 3.81. The van der Waals surface area contributed by atoms with E-state index in [1.54, 1.807) is 18.3 Å². The Balaban J connectivity index is 2.40. The fourth-order valence-corrected chi connectivity index (χ4v) is 3.20. The van der Waals surface area contributed by atoms with Crippen molar-refractivity contribution >= 4 is 34.6 Å². The Bertz CT molecular complexity index is 549. The Labute approximate surface area is 121 Å². The van der Waals surface area contributed by atoms with Gasteiger partial charge in [-0.25, -0.2) is 4.79 Å². The van der Waals surface area contributed by atoms with Crippen molar-refractivity contribution in [1.82, 2.24) is 10.6 Å². The molecule has 0 spiro atoms. The number of ether oxygens (including phenoxy) is 1. The summed E-state index contributed by atoms with van der Waals surface area (Å²) in [7, 11) is 0. The number of aryl methyl sites for hydroxylation is 1. The van der Waals surface area contributed by atoms with E-state index in [4.69, 9.17) is 17.0 Å². The zero-order valence-corrected chi connectivity index (χ0v) is 12.7. The van der Waals surface area contributed by atoms with Crippen molar-refractivity contribution in [1.29, 1.82) is 0 Å². The van der Waals surface area contributed by atoms with E-state index in [2.05, 4.69) is 10.6 Å². The lowest BCUT2D eigenvalue weighted by Crippen LogP contribution is -2.44. The zero-order valence-electron chi connectivity index (χ0n) is 11.1. The van der Waals surface area contributed by atoms with Crippen LogP contribution in [0.15, 0.2) is 23.4 Å². The number of hydrogen-bond acceptors (Lipinski definition) is 4. The Morgan fingerprint density at radius 3 is 2.79 bits per heavy atom. The van der Waals surface area contributed by atoms with Crippen molar-refractivity contribution in [3.05, 3.63) is 33.2 Å². The first-order chi connectivity index (χ1) is 9.02. The molecule has 1 aromatic heterocycles.